The number of carboxylic acid groups (broad SMARTS) is 1. The van der Waals surface area contributed by atoms with Crippen LogP contribution in [0.25, 0.3) is 0 Å². The SMILES string of the molecule is CCC(CCOc1ccc(NC(=O)OC(C)(C)C)c(NCc2ccc(Cl)cc2Cl)c1)C(=O)O. The number of carbonyl (C=O) groups excluding carboxylic acids is 1. The lowest BCUT2D eigenvalue weighted by Gasteiger charge is -2.21. The lowest BCUT2D eigenvalue weighted by molar-refractivity contribution is -0.142. The molecule has 0 saturated carbocycles. The third-order valence-electron chi connectivity index (χ3n) is 4.69. The largest absolute Gasteiger partial charge is 0.493 e. The minimum atomic E-state index is -0.833. The van der Waals surface area contributed by atoms with Crippen molar-refractivity contribution in [2.75, 3.05) is 17.2 Å². The van der Waals surface area contributed by atoms with Gasteiger partial charge in [-0.2, -0.15) is 0 Å². The van der Waals surface area contributed by atoms with Gasteiger partial charge in [0.05, 0.1) is 23.9 Å². The topological polar surface area (TPSA) is 96.9 Å². The van der Waals surface area contributed by atoms with Crippen molar-refractivity contribution < 1.29 is 24.2 Å². The Bertz CT molecular complexity index is 976. The summed E-state index contributed by atoms with van der Waals surface area (Å²) in [5, 5.41) is 16.3. The first kappa shape index (κ1) is 26.6. The van der Waals surface area contributed by atoms with Crippen LogP contribution in [0.3, 0.4) is 0 Å². The first-order valence-electron chi connectivity index (χ1n) is 10.7. The third-order valence-corrected chi connectivity index (χ3v) is 5.28. The van der Waals surface area contributed by atoms with Gasteiger partial charge < -0.3 is 19.9 Å². The molecule has 0 radical (unpaired) electrons. The maximum Gasteiger partial charge on any atom is 0.412 e. The quantitative estimate of drug-likeness (QED) is 0.333. The predicted molar refractivity (Wildman–Crippen MR) is 132 cm³/mol. The Balaban J connectivity index is 2.18. The lowest BCUT2D eigenvalue weighted by Crippen LogP contribution is -2.27. The van der Waals surface area contributed by atoms with Crippen LogP contribution in [0.2, 0.25) is 10.0 Å². The molecule has 7 nitrogen and oxygen atoms in total. The molecule has 1 amide bonds. The van der Waals surface area contributed by atoms with E-state index in [0.717, 1.165) is 5.56 Å². The molecule has 9 heteroatoms. The van der Waals surface area contributed by atoms with Crippen LogP contribution in [-0.4, -0.2) is 29.4 Å². The number of halogens is 2. The first-order valence-corrected chi connectivity index (χ1v) is 11.4. The van der Waals surface area contributed by atoms with Gasteiger partial charge in [-0.15, -0.1) is 0 Å². The molecule has 2 rings (SSSR count). The van der Waals surface area contributed by atoms with Gasteiger partial charge in [0.25, 0.3) is 0 Å². The van der Waals surface area contributed by atoms with Crippen LogP contribution in [0.4, 0.5) is 16.2 Å². The van der Waals surface area contributed by atoms with E-state index in [0.29, 0.717) is 46.6 Å². The zero-order valence-electron chi connectivity index (χ0n) is 19.2. The smallest absolute Gasteiger partial charge is 0.412 e. The number of amides is 1. The third kappa shape index (κ3) is 9.02. The molecule has 3 N–H and O–H groups in total. The fourth-order valence-corrected chi connectivity index (χ4v) is 3.43. The van der Waals surface area contributed by atoms with Gasteiger partial charge in [-0.1, -0.05) is 36.2 Å². The summed E-state index contributed by atoms with van der Waals surface area (Å²) < 4.78 is 11.1. The number of aliphatic carboxylic acids is 1. The molecular weight excluding hydrogens is 467 g/mol. The molecule has 180 valence electrons. The molecule has 33 heavy (non-hydrogen) atoms. The van der Waals surface area contributed by atoms with Crippen molar-refractivity contribution in [1.29, 1.82) is 0 Å². The molecule has 0 spiro atoms. The highest BCUT2D eigenvalue weighted by Crippen LogP contribution is 2.30. The number of benzene rings is 2. The standard InChI is InChI=1S/C24H30Cl2N2O5/c1-5-15(22(29)30)10-11-32-18-8-9-20(28-23(31)33-24(2,3)4)21(13-18)27-14-16-6-7-17(25)12-19(16)26/h6-9,12-13,15,27H,5,10-11,14H2,1-4H3,(H,28,31)(H,29,30). The highest BCUT2D eigenvalue weighted by atomic mass is 35.5. The Morgan fingerprint density at radius 1 is 1.09 bits per heavy atom. The molecule has 0 bridgehead atoms. The molecule has 0 saturated heterocycles. The first-order chi connectivity index (χ1) is 15.5. The number of anilines is 2. The van der Waals surface area contributed by atoms with Gasteiger partial charge in [0, 0.05) is 22.7 Å². The summed E-state index contributed by atoms with van der Waals surface area (Å²) >= 11 is 12.2. The van der Waals surface area contributed by atoms with Gasteiger partial charge >= 0.3 is 12.1 Å². The summed E-state index contributed by atoms with van der Waals surface area (Å²) in [7, 11) is 0. The van der Waals surface area contributed by atoms with E-state index in [1.165, 1.54) is 0 Å². The fourth-order valence-electron chi connectivity index (χ4n) is 2.96. The van der Waals surface area contributed by atoms with Crippen molar-refractivity contribution in [3.8, 4) is 5.75 Å². The average Bonchev–Trinajstić information content (AvgIpc) is 2.70. The van der Waals surface area contributed by atoms with Crippen LogP contribution in [0, 0.1) is 5.92 Å². The normalized spacial score (nSPS) is 12.1. The van der Waals surface area contributed by atoms with Gasteiger partial charge in [-0.3, -0.25) is 10.1 Å². The maximum atomic E-state index is 12.3. The van der Waals surface area contributed by atoms with Gasteiger partial charge in [-0.05, 0) is 63.4 Å². The second kappa shape index (κ2) is 12.0. The summed E-state index contributed by atoms with van der Waals surface area (Å²) in [5.74, 6) is -0.752. The second-order valence-corrected chi connectivity index (χ2v) is 9.35. The van der Waals surface area contributed by atoms with Crippen molar-refractivity contribution in [2.45, 2.75) is 52.7 Å². The van der Waals surface area contributed by atoms with Crippen LogP contribution in [0.1, 0.15) is 46.1 Å². The zero-order valence-corrected chi connectivity index (χ0v) is 20.7. The summed E-state index contributed by atoms with van der Waals surface area (Å²) in [5.41, 5.74) is 1.27. The number of nitrogens with one attached hydrogen (secondary N) is 2. The Labute approximate surface area is 204 Å². The maximum absolute atomic E-state index is 12.3. The van der Waals surface area contributed by atoms with Crippen LogP contribution in [-0.2, 0) is 16.1 Å². The van der Waals surface area contributed by atoms with Crippen molar-refractivity contribution >= 4 is 46.6 Å². The van der Waals surface area contributed by atoms with Crippen LogP contribution in [0.15, 0.2) is 36.4 Å². The molecule has 0 aromatic heterocycles. The van der Waals surface area contributed by atoms with Crippen molar-refractivity contribution in [3.63, 3.8) is 0 Å². The molecule has 1 atom stereocenters. The second-order valence-electron chi connectivity index (χ2n) is 8.50. The predicted octanol–water partition coefficient (Wildman–Crippen LogP) is 6.83. The minimum Gasteiger partial charge on any atom is -0.493 e. The Morgan fingerprint density at radius 2 is 1.82 bits per heavy atom. The molecule has 0 aliphatic carbocycles. The molecule has 2 aromatic carbocycles. The number of carbonyl (C=O) groups is 2. The summed E-state index contributed by atoms with van der Waals surface area (Å²) in [6.45, 7) is 7.81. The van der Waals surface area contributed by atoms with E-state index in [-0.39, 0.29) is 6.61 Å². The monoisotopic (exact) mass is 496 g/mol. The van der Waals surface area contributed by atoms with Crippen molar-refractivity contribution in [2.24, 2.45) is 5.92 Å². The van der Waals surface area contributed by atoms with Gasteiger partial charge in [0.1, 0.15) is 11.4 Å². The Morgan fingerprint density at radius 3 is 2.42 bits per heavy atom. The van der Waals surface area contributed by atoms with Gasteiger partial charge in [0.2, 0.25) is 0 Å². The van der Waals surface area contributed by atoms with E-state index in [9.17, 15) is 14.7 Å². The molecular formula is C24H30Cl2N2O5. The number of hydrogen-bond donors (Lipinski definition) is 3. The Kier molecular flexibility index (Phi) is 9.68. The molecule has 0 heterocycles. The molecule has 0 aliphatic heterocycles. The van der Waals surface area contributed by atoms with Crippen LogP contribution in [0.5, 0.6) is 5.75 Å². The molecule has 0 fully saturated rings. The van der Waals surface area contributed by atoms with Crippen molar-refractivity contribution in [3.05, 3.63) is 52.0 Å². The number of rotatable bonds is 10. The van der Waals surface area contributed by atoms with E-state index in [2.05, 4.69) is 10.6 Å². The zero-order chi connectivity index (χ0) is 24.6. The summed E-state index contributed by atoms with van der Waals surface area (Å²) in [6.07, 6.45) is 0.343. The van der Waals surface area contributed by atoms with E-state index in [4.69, 9.17) is 32.7 Å². The number of carboxylic acids is 1. The van der Waals surface area contributed by atoms with Gasteiger partial charge in [0.15, 0.2) is 0 Å². The van der Waals surface area contributed by atoms with Crippen LogP contribution < -0.4 is 15.4 Å². The number of ether oxygens (including phenoxy) is 2. The highest BCUT2D eigenvalue weighted by Gasteiger charge is 2.18. The van der Waals surface area contributed by atoms with E-state index in [1.807, 2.05) is 13.0 Å². The Hall–Kier alpha value is -2.64. The molecule has 1 unspecified atom stereocenters. The number of hydrogen-bond acceptors (Lipinski definition) is 5. The minimum absolute atomic E-state index is 0.256. The highest BCUT2D eigenvalue weighted by molar-refractivity contribution is 6.35. The fraction of sp³-hybridized carbons (Fsp3) is 0.417. The van der Waals surface area contributed by atoms with Gasteiger partial charge in [-0.25, -0.2) is 4.79 Å². The summed E-state index contributed by atoms with van der Waals surface area (Å²) in [6, 6.07) is 10.4. The van der Waals surface area contributed by atoms with E-state index < -0.39 is 23.6 Å². The van der Waals surface area contributed by atoms with Crippen molar-refractivity contribution in [1.82, 2.24) is 0 Å². The molecule has 0 aliphatic rings. The van der Waals surface area contributed by atoms with E-state index in [1.54, 1.807) is 51.1 Å². The molecule has 2 aromatic rings. The van der Waals surface area contributed by atoms with Crippen LogP contribution >= 0.6 is 23.2 Å². The lowest BCUT2D eigenvalue weighted by atomic mass is 10.0. The summed E-state index contributed by atoms with van der Waals surface area (Å²) in [4.78, 5) is 23.5. The average molecular weight is 497 g/mol. The van der Waals surface area contributed by atoms with E-state index >= 15 is 0 Å².